The van der Waals surface area contributed by atoms with E-state index < -0.39 is 6.17 Å². The van der Waals surface area contributed by atoms with Crippen LogP contribution < -0.4 is 10.6 Å². The number of carbonyl (C=O) groups is 1. The first-order valence-corrected chi connectivity index (χ1v) is 7.98. The zero-order valence-corrected chi connectivity index (χ0v) is 13.7. The summed E-state index contributed by atoms with van der Waals surface area (Å²) in [5.41, 5.74) is 8.19. The predicted molar refractivity (Wildman–Crippen MR) is 93.6 cm³/mol. The van der Waals surface area contributed by atoms with E-state index in [0.29, 0.717) is 29.1 Å². The van der Waals surface area contributed by atoms with Crippen LogP contribution in [0.3, 0.4) is 0 Å². The molecule has 1 aliphatic heterocycles. The molecule has 1 amide bonds. The van der Waals surface area contributed by atoms with Crippen molar-refractivity contribution in [2.24, 2.45) is 16.6 Å². The Labute approximate surface area is 140 Å². The number of anilines is 1. The van der Waals surface area contributed by atoms with Gasteiger partial charge < -0.3 is 10.6 Å². The topological polar surface area (TPSA) is 58.7 Å². The first-order valence-electron chi connectivity index (χ1n) is 7.98. The zero-order chi connectivity index (χ0) is 17.3. The average Bonchev–Trinajstić information content (AvgIpc) is 2.66. The first-order chi connectivity index (χ1) is 11.5. The van der Waals surface area contributed by atoms with Crippen molar-refractivity contribution >= 4 is 17.3 Å². The number of para-hydroxylation sites is 1. The molecule has 4 nitrogen and oxygen atoms in total. The van der Waals surface area contributed by atoms with E-state index in [1.54, 1.807) is 23.1 Å². The summed E-state index contributed by atoms with van der Waals surface area (Å²) >= 11 is 0. The molecule has 2 N–H and O–H groups in total. The monoisotopic (exact) mass is 325 g/mol. The number of benzodiazepines with no additional fused rings is 1. The minimum absolute atomic E-state index is 0.268. The number of halogens is 1. The molecule has 0 aromatic heterocycles. The number of hydrogen-bond acceptors (Lipinski definition) is 3. The Morgan fingerprint density at radius 1 is 1.12 bits per heavy atom. The lowest BCUT2D eigenvalue weighted by Gasteiger charge is -2.26. The lowest BCUT2D eigenvalue weighted by molar-refractivity contribution is -0.119. The van der Waals surface area contributed by atoms with Crippen molar-refractivity contribution in [3.05, 3.63) is 65.5 Å². The standard InChI is InChI=1S/C19H20FN3O/c1-12(2)11-23-16-10-6-4-8-14(16)17(22-18(21)19(23)24)13-7-3-5-9-15(13)20/h3-10,12,18H,11,21H2,1-2H3. The Morgan fingerprint density at radius 3 is 2.42 bits per heavy atom. The van der Waals surface area contributed by atoms with Crippen LogP contribution in [0.4, 0.5) is 10.1 Å². The number of benzene rings is 2. The van der Waals surface area contributed by atoms with Gasteiger partial charge in [-0.1, -0.05) is 44.2 Å². The third kappa shape index (κ3) is 2.95. The van der Waals surface area contributed by atoms with Gasteiger partial charge in [0.25, 0.3) is 5.91 Å². The summed E-state index contributed by atoms with van der Waals surface area (Å²) in [6.07, 6.45) is -1.05. The van der Waals surface area contributed by atoms with Crippen LogP contribution in [0.1, 0.15) is 25.0 Å². The van der Waals surface area contributed by atoms with Crippen molar-refractivity contribution in [1.29, 1.82) is 0 Å². The number of fused-ring (bicyclic) bond motifs is 1. The number of nitrogens with two attached hydrogens (primary N) is 1. The second-order valence-electron chi connectivity index (χ2n) is 6.26. The first kappa shape index (κ1) is 16.3. The normalized spacial score (nSPS) is 17.5. The molecule has 5 heteroatoms. The Bertz CT molecular complexity index is 801. The molecule has 1 atom stereocenters. The number of nitrogens with zero attached hydrogens (tertiary/aromatic N) is 2. The van der Waals surface area contributed by atoms with Crippen LogP contribution in [-0.2, 0) is 4.79 Å². The highest BCUT2D eigenvalue weighted by Gasteiger charge is 2.30. The van der Waals surface area contributed by atoms with Crippen molar-refractivity contribution in [3.63, 3.8) is 0 Å². The summed E-state index contributed by atoms with van der Waals surface area (Å²) in [4.78, 5) is 18.7. The van der Waals surface area contributed by atoms with E-state index >= 15 is 0 Å². The predicted octanol–water partition coefficient (Wildman–Crippen LogP) is 2.95. The van der Waals surface area contributed by atoms with E-state index in [4.69, 9.17) is 5.73 Å². The Morgan fingerprint density at radius 2 is 1.75 bits per heavy atom. The van der Waals surface area contributed by atoms with Crippen molar-refractivity contribution in [2.45, 2.75) is 20.0 Å². The number of hydrogen-bond donors (Lipinski definition) is 1. The van der Waals surface area contributed by atoms with Crippen molar-refractivity contribution in [3.8, 4) is 0 Å². The highest BCUT2D eigenvalue weighted by Crippen LogP contribution is 2.29. The lowest BCUT2D eigenvalue weighted by Crippen LogP contribution is -2.44. The highest BCUT2D eigenvalue weighted by atomic mass is 19.1. The number of aliphatic imine (C=N–C) groups is 1. The van der Waals surface area contributed by atoms with E-state index in [9.17, 15) is 9.18 Å². The molecular formula is C19H20FN3O. The minimum Gasteiger partial charge on any atom is -0.308 e. The van der Waals surface area contributed by atoms with Gasteiger partial charge in [0.1, 0.15) is 5.82 Å². The average molecular weight is 325 g/mol. The second kappa shape index (κ2) is 6.53. The number of carbonyl (C=O) groups excluding carboxylic acids is 1. The minimum atomic E-state index is -1.05. The molecule has 3 rings (SSSR count). The van der Waals surface area contributed by atoms with Gasteiger partial charge in [0.05, 0.1) is 11.4 Å². The Kier molecular flexibility index (Phi) is 4.44. The summed E-state index contributed by atoms with van der Waals surface area (Å²) in [6, 6.07) is 13.8. The number of amides is 1. The maximum atomic E-state index is 14.3. The third-order valence-electron chi connectivity index (χ3n) is 3.91. The van der Waals surface area contributed by atoms with E-state index in [1.807, 2.05) is 38.1 Å². The third-order valence-corrected chi connectivity index (χ3v) is 3.91. The van der Waals surface area contributed by atoms with Crippen LogP contribution in [0, 0.1) is 11.7 Å². The molecule has 1 aliphatic rings. The van der Waals surface area contributed by atoms with Crippen LogP contribution in [0.2, 0.25) is 0 Å². The van der Waals surface area contributed by atoms with Gasteiger partial charge in [0, 0.05) is 17.7 Å². The van der Waals surface area contributed by atoms with Crippen LogP contribution in [0.5, 0.6) is 0 Å². The van der Waals surface area contributed by atoms with Gasteiger partial charge in [0.15, 0.2) is 6.17 Å². The van der Waals surface area contributed by atoms with Gasteiger partial charge in [-0.25, -0.2) is 4.39 Å². The second-order valence-corrected chi connectivity index (χ2v) is 6.26. The van der Waals surface area contributed by atoms with Gasteiger partial charge in [-0.3, -0.25) is 9.79 Å². The smallest absolute Gasteiger partial charge is 0.266 e. The van der Waals surface area contributed by atoms with Gasteiger partial charge in [0.2, 0.25) is 0 Å². The summed E-state index contributed by atoms with van der Waals surface area (Å²) in [6.45, 7) is 4.60. The van der Waals surface area contributed by atoms with E-state index in [-0.39, 0.29) is 17.6 Å². The molecule has 0 radical (unpaired) electrons. The van der Waals surface area contributed by atoms with Crippen molar-refractivity contribution in [2.75, 3.05) is 11.4 Å². The molecule has 124 valence electrons. The molecule has 0 saturated carbocycles. The lowest BCUT2D eigenvalue weighted by atomic mass is 9.99. The molecule has 0 fully saturated rings. The molecule has 0 spiro atoms. The molecule has 24 heavy (non-hydrogen) atoms. The zero-order valence-electron chi connectivity index (χ0n) is 13.7. The fraction of sp³-hybridized carbons (Fsp3) is 0.263. The van der Waals surface area contributed by atoms with Gasteiger partial charge in [-0.2, -0.15) is 0 Å². The number of rotatable bonds is 3. The molecule has 1 unspecified atom stereocenters. The van der Waals surface area contributed by atoms with E-state index in [1.165, 1.54) is 6.07 Å². The van der Waals surface area contributed by atoms with Gasteiger partial charge >= 0.3 is 0 Å². The SMILES string of the molecule is CC(C)CN1C(=O)C(N)N=C(c2ccccc2F)c2ccccc21. The Balaban J connectivity index is 2.21. The summed E-state index contributed by atoms with van der Waals surface area (Å²) < 4.78 is 14.3. The van der Waals surface area contributed by atoms with Crippen molar-refractivity contribution in [1.82, 2.24) is 0 Å². The fourth-order valence-electron chi connectivity index (χ4n) is 2.87. The van der Waals surface area contributed by atoms with Crippen LogP contribution in [-0.4, -0.2) is 24.3 Å². The molecule has 0 aliphatic carbocycles. The quantitative estimate of drug-likeness (QED) is 0.943. The van der Waals surface area contributed by atoms with Crippen LogP contribution in [0.15, 0.2) is 53.5 Å². The Hall–Kier alpha value is -2.53. The van der Waals surface area contributed by atoms with E-state index in [0.717, 1.165) is 0 Å². The molecular weight excluding hydrogens is 305 g/mol. The molecule has 1 heterocycles. The van der Waals surface area contributed by atoms with Gasteiger partial charge in [-0.15, -0.1) is 0 Å². The largest absolute Gasteiger partial charge is 0.308 e. The molecule has 0 saturated heterocycles. The van der Waals surface area contributed by atoms with Crippen LogP contribution >= 0.6 is 0 Å². The van der Waals surface area contributed by atoms with E-state index in [2.05, 4.69) is 4.99 Å². The summed E-state index contributed by atoms with van der Waals surface area (Å²) in [5.74, 6) is -0.394. The maximum Gasteiger partial charge on any atom is 0.266 e. The summed E-state index contributed by atoms with van der Waals surface area (Å²) in [5, 5.41) is 0. The molecule has 2 aromatic rings. The highest BCUT2D eigenvalue weighted by molar-refractivity contribution is 6.20. The maximum absolute atomic E-state index is 14.3. The van der Waals surface area contributed by atoms with Crippen molar-refractivity contribution < 1.29 is 9.18 Å². The van der Waals surface area contributed by atoms with Gasteiger partial charge in [-0.05, 0) is 24.1 Å². The molecule has 0 bridgehead atoms. The van der Waals surface area contributed by atoms with Crippen LogP contribution in [0.25, 0.3) is 0 Å². The molecule has 2 aromatic carbocycles. The summed E-state index contributed by atoms with van der Waals surface area (Å²) in [7, 11) is 0. The fourth-order valence-corrected chi connectivity index (χ4v) is 2.87.